The smallest absolute Gasteiger partial charge is 0.146 e. The van der Waals surface area contributed by atoms with Gasteiger partial charge in [0.2, 0.25) is 0 Å². The molecule has 0 spiro atoms. The van der Waals surface area contributed by atoms with Gasteiger partial charge in [0.25, 0.3) is 0 Å². The summed E-state index contributed by atoms with van der Waals surface area (Å²) in [5.74, 6) is -1.62. The van der Waals surface area contributed by atoms with E-state index in [1.54, 1.807) is 0 Å². The average molecular weight is 266 g/mol. The molecule has 1 rings (SSSR count). The summed E-state index contributed by atoms with van der Waals surface area (Å²) in [5.41, 5.74) is 3.12. The second-order valence-corrected chi connectivity index (χ2v) is 4.05. The van der Waals surface area contributed by atoms with E-state index in [1.165, 1.54) is 13.0 Å². The Labute approximate surface area is 88.9 Å². The van der Waals surface area contributed by atoms with E-state index in [1.807, 2.05) is 0 Å². The summed E-state index contributed by atoms with van der Waals surface area (Å²) in [6.45, 7) is 1.01. The van der Waals surface area contributed by atoms with Crippen LogP contribution in [0.2, 0.25) is 0 Å². The molecule has 78 valence electrons. The highest BCUT2D eigenvalue weighted by Crippen LogP contribution is 2.29. The predicted molar refractivity (Wildman–Crippen MR) is 52.7 cm³/mol. The van der Waals surface area contributed by atoms with Gasteiger partial charge < -0.3 is 10.8 Å². The van der Waals surface area contributed by atoms with Crippen LogP contribution in [0, 0.1) is 11.6 Å². The predicted octanol–water partition coefficient (Wildman–Crippen LogP) is 1.89. The fourth-order valence-electron chi connectivity index (χ4n) is 1.12. The molecule has 1 unspecified atom stereocenters. The Bertz CT molecular complexity index is 355. The maximum Gasteiger partial charge on any atom is 0.146 e. The first-order valence-corrected chi connectivity index (χ1v) is 4.76. The molecule has 0 bridgehead atoms. The Morgan fingerprint density at radius 1 is 1.50 bits per heavy atom. The topological polar surface area (TPSA) is 46.2 Å². The molecular formula is C9H10BrF2NO. The van der Waals surface area contributed by atoms with E-state index < -0.39 is 22.8 Å². The molecular weight excluding hydrogens is 256 g/mol. The highest BCUT2D eigenvalue weighted by molar-refractivity contribution is 9.10. The van der Waals surface area contributed by atoms with Crippen LogP contribution in [0.1, 0.15) is 12.5 Å². The van der Waals surface area contributed by atoms with Gasteiger partial charge in [-0.25, -0.2) is 8.78 Å². The molecule has 1 aromatic rings. The Balaban J connectivity index is 3.40. The zero-order valence-corrected chi connectivity index (χ0v) is 9.11. The standard InChI is InChI=1S/C9H10BrF2NO/c1-9(14,4-13)7-6(11)3-2-5(10)8(7)12/h2-3,14H,4,13H2,1H3. The molecule has 0 fully saturated rings. The molecule has 0 aliphatic heterocycles. The maximum absolute atomic E-state index is 13.4. The first kappa shape index (κ1) is 11.6. The monoisotopic (exact) mass is 265 g/mol. The van der Waals surface area contributed by atoms with Gasteiger partial charge in [-0.3, -0.25) is 0 Å². The Hall–Kier alpha value is -0.520. The van der Waals surface area contributed by atoms with Crippen LogP contribution >= 0.6 is 15.9 Å². The SMILES string of the molecule is CC(O)(CN)c1c(F)ccc(Br)c1F. The molecule has 0 radical (unpaired) electrons. The molecule has 3 N–H and O–H groups in total. The van der Waals surface area contributed by atoms with Crippen LogP contribution in [0.3, 0.4) is 0 Å². The average Bonchev–Trinajstić information content (AvgIpc) is 2.12. The van der Waals surface area contributed by atoms with Crippen molar-refractivity contribution in [1.82, 2.24) is 0 Å². The summed E-state index contributed by atoms with van der Waals surface area (Å²) in [7, 11) is 0. The number of hydrogen-bond acceptors (Lipinski definition) is 2. The van der Waals surface area contributed by atoms with Gasteiger partial charge in [-0.1, -0.05) is 0 Å². The number of benzene rings is 1. The zero-order valence-electron chi connectivity index (χ0n) is 7.52. The van der Waals surface area contributed by atoms with E-state index in [-0.39, 0.29) is 11.0 Å². The molecule has 0 heterocycles. The van der Waals surface area contributed by atoms with Gasteiger partial charge in [-0.2, -0.15) is 0 Å². The van der Waals surface area contributed by atoms with Crippen molar-refractivity contribution in [2.75, 3.05) is 6.54 Å². The highest BCUT2D eigenvalue weighted by atomic mass is 79.9. The lowest BCUT2D eigenvalue weighted by molar-refractivity contribution is 0.0586. The van der Waals surface area contributed by atoms with Crippen molar-refractivity contribution in [1.29, 1.82) is 0 Å². The lowest BCUT2D eigenvalue weighted by atomic mass is 9.95. The van der Waals surface area contributed by atoms with Crippen molar-refractivity contribution in [2.45, 2.75) is 12.5 Å². The highest BCUT2D eigenvalue weighted by Gasteiger charge is 2.29. The summed E-state index contributed by atoms with van der Waals surface area (Å²) in [5, 5.41) is 9.65. The second kappa shape index (κ2) is 3.92. The minimum absolute atomic E-state index is 0.0997. The lowest BCUT2D eigenvalue weighted by Crippen LogP contribution is -2.33. The van der Waals surface area contributed by atoms with Crippen molar-refractivity contribution in [3.05, 3.63) is 33.8 Å². The number of halogens is 3. The van der Waals surface area contributed by atoms with E-state index in [2.05, 4.69) is 15.9 Å². The number of aliphatic hydroxyl groups is 1. The normalized spacial score (nSPS) is 15.3. The minimum atomic E-state index is -1.70. The quantitative estimate of drug-likeness (QED) is 0.803. The number of hydrogen-bond donors (Lipinski definition) is 2. The number of rotatable bonds is 2. The van der Waals surface area contributed by atoms with Crippen LogP contribution in [-0.4, -0.2) is 11.7 Å². The largest absolute Gasteiger partial charge is 0.384 e. The second-order valence-electron chi connectivity index (χ2n) is 3.20. The van der Waals surface area contributed by atoms with Crippen LogP contribution in [0.4, 0.5) is 8.78 Å². The fourth-order valence-corrected chi connectivity index (χ4v) is 1.45. The molecule has 0 aliphatic rings. The Morgan fingerprint density at radius 3 is 2.57 bits per heavy atom. The summed E-state index contributed by atoms with van der Waals surface area (Å²) >= 11 is 2.91. The molecule has 0 saturated carbocycles. The molecule has 5 heteroatoms. The lowest BCUT2D eigenvalue weighted by Gasteiger charge is -2.23. The summed E-state index contributed by atoms with van der Waals surface area (Å²) < 4.78 is 26.8. The van der Waals surface area contributed by atoms with Crippen LogP contribution in [0.5, 0.6) is 0 Å². The molecule has 1 atom stereocenters. The van der Waals surface area contributed by atoms with Crippen molar-refractivity contribution < 1.29 is 13.9 Å². The van der Waals surface area contributed by atoms with Gasteiger partial charge in [0.1, 0.15) is 17.2 Å². The van der Waals surface area contributed by atoms with Crippen LogP contribution in [-0.2, 0) is 5.60 Å². The summed E-state index contributed by atoms with van der Waals surface area (Å²) in [6.07, 6.45) is 0. The van der Waals surface area contributed by atoms with Gasteiger partial charge in [-0.15, -0.1) is 0 Å². The molecule has 1 aromatic carbocycles. The van der Waals surface area contributed by atoms with E-state index >= 15 is 0 Å². The van der Waals surface area contributed by atoms with Crippen molar-refractivity contribution >= 4 is 15.9 Å². The van der Waals surface area contributed by atoms with E-state index in [4.69, 9.17) is 5.73 Å². The molecule has 14 heavy (non-hydrogen) atoms. The third kappa shape index (κ3) is 1.94. The zero-order chi connectivity index (χ0) is 10.9. The van der Waals surface area contributed by atoms with Crippen LogP contribution < -0.4 is 5.73 Å². The molecule has 0 saturated heterocycles. The summed E-state index contributed by atoms with van der Waals surface area (Å²) in [4.78, 5) is 0. The molecule has 0 amide bonds. The minimum Gasteiger partial charge on any atom is -0.384 e. The van der Waals surface area contributed by atoms with Gasteiger partial charge in [0.15, 0.2) is 0 Å². The molecule has 2 nitrogen and oxygen atoms in total. The van der Waals surface area contributed by atoms with Gasteiger partial charge in [0, 0.05) is 6.54 Å². The number of nitrogens with two attached hydrogens (primary N) is 1. The first-order chi connectivity index (χ1) is 6.40. The van der Waals surface area contributed by atoms with Crippen molar-refractivity contribution in [2.24, 2.45) is 5.73 Å². The van der Waals surface area contributed by atoms with E-state index in [0.717, 1.165) is 6.07 Å². The summed E-state index contributed by atoms with van der Waals surface area (Å²) in [6, 6.07) is 2.31. The molecule has 0 aliphatic carbocycles. The van der Waals surface area contributed by atoms with Crippen molar-refractivity contribution in [3.8, 4) is 0 Å². The first-order valence-electron chi connectivity index (χ1n) is 3.96. The van der Waals surface area contributed by atoms with Gasteiger partial charge >= 0.3 is 0 Å². The maximum atomic E-state index is 13.4. The Kier molecular flexibility index (Phi) is 3.24. The van der Waals surface area contributed by atoms with Gasteiger partial charge in [-0.05, 0) is 35.0 Å². The van der Waals surface area contributed by atoms with E-state index in [9.17, 15) is 13.9 Å². The third-order valence-electron chi connectivity index (χ3n) is 1.98. The van der Waals surface area contributed by atoms with Gasteiger partial charge in [0.05, 0.1) is 10.0 Å². The Morgan fingerprint density at radius 2 is 2.07 bits per heavy atom. The van der Waals surface area contributed by atoms with E-state index in [0.29, 0.717) is 0 Å². The van der Waals surface area contributed by atoms with Crippen LogP contribution in [0.25, 0.3) is 0 Å². The van der Waals surface area contributed by atoms with Crippen molar-refractivity contribution in [3.63, 3.8) is 0 Å². The van der Waals surface area contributed by atoms with Crippen LogP contribution in [0.15, 0.2) is 16.6 Å². The third-order valence-corrected chi connectivity index (χ3v) is 2.59. The fraction of sp³-hybridized carbons (Fsp3) is 0.333. The molecule has 0 aromatic heterocycles.